The van der Waals surface area contributed by atoms with Crippen LogP contribution in [0.5, 0.6) is 0 Å². The number of aryl methyl sites for hydroxylation is 2. The Balaban J connectivity index is 1.95. The van der Waals surface area contributed by atoms with Crippen LogP contribution >= 0.6 is 0 Å². The van der Waals surface area contributed by atoms with E-state index in [0.29, 0.717) is 0 Å². The zero-order valence-corrected chi connectivity index (χ0v) is 12.6. The van der Waals surface area contributed by atoms with E-state index in [1.807, 2.05) is 0 Å². The summed E-state index contributed by atoms with van der Waals surface area (Å²) in [4.78, 5) is 2.26. The normalized spacial score (nSPS) is 12.2. The summed E-state index contributed by atoms with van der Waals surface area (Å²) in [6.45, 7) is 5.19. The minimum atomic E-state index is 0.101. The zero-order chi connectivity index (χ0) is 14.5. The second kappa shape index (κ2) is 6.58. The number of anilines is 1. The summed E-state index contributed by atoms with van der Waals surface area (Å²) in [5.74, 6) is 0. The molecule has 0 fully saturated rings. The first kappa shape index (κ1) is 14.6. The van der Waals surface area contributed by atoms with Gasteiger partial charge in [0.1, 0.15) is 0 Å². The average Bonchev–Trinajstić information content (AvgIpc) is 2.45. The van der Waals surface area contributed by atoms with Gasteiger partial charge in [-0.3, -0.25) is 0 Å². The van der Waals surface area contributed by atoms with E-state index >= 15 is 0 Å². The minimum absolute atomic E-state index is 0.101. The molecule has 0 heterocycles. The fraction of sp³-hybridized carbons (Fsp3) is 0.333. The van der Waals surface area contributed by atoms with Crippen molar-refractivity contribution in [2.24, 2.45) is 5.73 Å². The Kier molecular flexibility index (Phi) is 4.80. The lowest BCUT2D eigenvalue weighted by molar-refractivity contribution is 0.642. The predicted octanol–water partition coefficient (Wildman–Crippen LogP) is 3.83. The van der Waals surface area contributed by atoms with Gasteiger partial charge in [-0.25, -0.2) is 0 Å². The van der Waals surface area contributed by atoms with Gasteiger partial charge in [0.2, 0.25) is 0 Å². The third-order valence-corrected chi connectivity index (χ3v) is 3.84. The second-order valence-corrected chi connectivity index (χ2v) is 5.51. The molecule has 0 aliphatic heterocycles. The van der Waals surface area contributed by atoms with E-state index in [4.69, 9.17) is 5.73 Å². The van der Waals surface area contributed by atoms with Crippen LogP contribution in [-0.2, 0) is 0 Å². The molecule has 2 aromatic rings. The van der Waals surface area contributed by atoms with E-state index in [-0.39, 0.29) is 6.04 Å². The van der Waals surface area contributed by atoms with Crippen molar-refractivity contribution in [3.05, 3.63) is 65.2 Å². The summed E-state index contributed by atoms with van der Waals surface area (Å²) in [6, 6.07) is 17.1. The first-order valence-corrected chi connectivity index (χ1v) is 7.17. The van der Waals surface area contributed by atoms with Crippen LogP contribution < -0.4 is 10.6 Å². The maximum absolute atomic E-state index is 6.32. The third-order valence-electron chi connectivity index (χ3n) is 3.84. The molecule has 2 nitrogen and oxygen atoms in total. The van der Waals surface area contributed by atoms with Crippen molar-refractivity contribution in [1.29, 1.82) is 0 Å². The number of benzene rings is 2. The van der Waals surface area contributed by atoms with Gasteiger partial charge in [-0.05, 0) is 43.5 Å². The third kappa shape index (κ3) is 3.61. The van der Waals surface area contributed by atoms with Gasteiger partial charge >= 0.3 is 0 Å². The smallest absolute Gasteiger partial charge is 0.0363 e. The number of hydrogen-bond acceptors (Lipinski definition) is 2. The van der Waals surface area contributed by atoms with Crippen molar-refractivity contribution in [2.75, 3.05) is 18.5 Å². The SMILES string of the molecule is Cc1ccc(N(C)CCC(N)c2ccccc2C)cc1. The molecule has 0 aliphatic carbocycles. The Labute approximate surface area is 122 Å². The van der Waals surface area contributed by atoms with Crippen molar-refractivity contribution in [3.8, 4) is 0 Å². The molecule has 1 atom stereocenters. The van der Waals surface area contributed by atoms with Gasteiger partial charge in [-0.2, -0.15) is 0 Å². The Bertz CT molecular complexity index is 546. The van der Waals surface area contributed by atoms with E-state index in [2.05, 4.69) is 74.3 Å². The topological polar surface area (TPSA) is 29.3 Å². The molecule has 2 rings (SSSR count). The van der Waals surface area contributed by atoms with Gasteiger partial charge < -0.3 is 10.6 Å². The van der Waals surface area contributed by atoms with Gasteiger partial charge in [0.05, 0.1) is 0 Å². The minimum Gasteiger partial charge on any atom is -0.375 e. The maximum atomic E-state index is 6.32. The summed E-state index contributed by atoms with van der Waals surface area (Å²) >= 11 is 0. The van der Waals surface area contributed by atoms with Crippen molar-refractivity contribution in [2.45, 2.75) is 26.3 Å². The standard InChI is InChI=1S/C18H24N2/c1-14-8-10-16(11-9-14)20(3)13-12-18(19)17-7-5-4-6-15(17)2/h4-11,18H,12-13,19H2,1-3H3. The fourth-order valence-corrected chi connectivity index (χ4v) is 2.42. The Hall–Kier alpha value is -1.80. The quantitative estimate of drug-likeness (QED) is 0.893. The number of nitrogens with zero attached hydrogens (tertiary/aromatic N) is 1. The Morgan fingerprint density at radius 1 is 1.00 bits per heavy atom. The Morgan fingerprint density at radius 2 is 1.65 bits per heavy atom. The van der Waals surface area contributed by atoms with Gasteiger partial charge in [-0.1, -0.05) is 42.0 Å². The van der Waals surface area contributed by atoms with Crippen molar-refractivity contribution in [3.63, 3.8) is 0 Å². The molecule has 0 radical (unpaired) electrons. The molecule has 106 valence electrons. The largest absolute Gasteiger partial charge is 0.375 e. The lowest BCUT2D eigenvalue weighted by Gasteiger charge is -2.22. The second-order valence-electron chi connectivity index (χ2n) is 5.51. The summed E-state index contributed by atoms with van der Waals surface area (Å²) in [5, 5.41) is 0. The molecule has 20 heavy (non-hydrogen) atoms. The molecule has 2 aromatic carbocycles. The summed E-state index contributed by atoms with van der Waals surface area (Å²) < 4.78 is 0. The summed E-state index contributed by atoms with van der Waals surface area (Å²) in [6.07, 6.45) is 0.954. The van der Waals surface area contributed by atoms with Gasteiger partial charge in [0.15, 0.2) is 0 Å². The highest BCUT2D eigenvalue weighted by Gasteiger charge is 2.09. The highest BCUT2D eigenvalue weighted by Crippen LogP contribution is 2.20. The van der Waals surface area contributed by atoms with Crippen LogP contribution in [0.3, 0.4) is 0 Å². The van der Waals surface area contributed by atoms with Gasteiger partial charge in [0.25, 0.3) is 0 Å². The van der Waals surface area contributed by atoms with E-state index in [1.165, 1.54) is 22.4 Å². The molecule has 0 aromatic heterocycles. The average molecular weight is 268 g/mol. The highest BCUT2D eigenvalue weighted by molar-refractivity contribution is 5.46. The van der Waals surface area contributed by atoms with Crippen LogP contribution in [0.25, 0.3) is 0 Å². The van der Waals surface area contributed by atoms with Gasteiger partial charge in [-0.15, -0.1) is 0 Å². The Morgan fingerprint density at radius 3 is 2.30 bits per heavy atom. The van der Waals surface area contributed by atoms with Crippen molar-refractivity contribution >= 4 is 5.69 Å². The molecule has 0 spiro atoms. The molecule has 0 saturated heterocycles. The summed E-state index contributed by atoms with van der Waals surface area (Å²) in [5.41, 5.74) is 11.4. The van der Waals surface area contributed by atoms with Crippen LogP contribution in [0.4, 0.5) is 5.69 Å². The van der Waals surface area contributed by atoms with E-state index in [0.717, 1.165) is 13.0 Å². The number of nitrogens with two attached hydrogens (primary N) is 1. The van der Waals surface area contributed by atoms with Crippen LogP contribution in [0.15, 0.2) is 48.5 Å². The van der Waals surface area contributed by atoms with Crippen LogP contribution in [0, 0.1) is 13.8 Å². The maximum Gasteiger partial charge on any atom is 0.0363 e. The van der Waals surface area contributed by atoms with E-state index in [9.17, 15) is 0 Å². The van der Waals surface area contributed by atoms with Gasteiger partial charge in [0, 0.05) is 25.3 Å². The van der Waals surface area contributed by atoms with Crippen LogP contribution in [-0.4, -0.2) is 13.6 Å². The first-order valence-electron chi connectivity index (χ1n) is 7.17. The summed E-state index contributed by atoms with van der Waals surface area (Å²) in [7, 11) is 2.12. The molecule has 2 heteroatoms. The number of hydrogen-bond donors (Lipinski definition) is 1. The van der Waals surface area contributed by atoms with Crippen LogP contribution in [0.2, 0.25) is 0 Å². The lowest BCUT2D eigenvalue weighted by atomic mass is 9.99. The van der Waals surface area contributed by atoms with Crippen molar-refractivity contribution in [1.82, 2.24) is 0 Å². The lowest BCUT2D eigenvalue weighted by Crippen LogP contribution is -2.23. The molecular formula is C18H24N2. The molecule has 0 saturated carbocycles. The molecule has 0 bridgehead atoms. The van der Waals surface area contributed by atoms with Crippen LogP contribution in [0.1, 0.15) is 29.2 Å². The monoisotopic (exact) mass is 268 g/mol. The molecule has 2 N–H and O–H groups in total. The number of rotatable bonds is 5. The zero-order valence-electron chi connectivity index (χ0n) is 12.6. The predicted molar refractivity (Wildman–Crippen MR) is 87.2 cm³/mol. The van der Waals surface area contributed by atoms with E-state index in [1.54, 1.807) is 0 Å². The molecule has 1 unspecified atom stereocenters. The molecule has 0 amide bonds. The molecular weight excluding hydrogens is 244 g/mol. The van der Waals surface area contributed by atoms with Crippen molar-refractivity contribution < 1.29 is 0 Å². The fourth-order valence-electron chi connectivity index (χ4n) is 2.42. The first-order chi connectivity index (χ1) is 9.58. The molecule has 0 aliphatic rings. The highest BCUT2D eigenvalue weighted by atomic mass is 15.1. The van der Waals surface area contributed by atoms with E-state index < -0.39 is 0 Å².